The summed E-state index contributed by atoms with van der Waals surface area (Å²) in [5, 5.41) is 17.0. The number of aromatic amines is 1. The summed E-state index contributed by atoms with van der Waals surface area (Å²) in [6.07, 6.45) is 0. The highest BCUT2D eigenvalue weighted by Crippen LogP contribution is 2.36. The van der Waals surface area contributed by atoms with E-state index in [1.165, 1.54) is 32.4 Å². The van der Waals surface area contributed by atoms with Gasteiger partial charge in [-0.25, -0.2) is 13.6 Å². The Hall–Kier alpha value is -4.14. The minimum Gasteiger partial charge on any atom is -0.496 e. The van der Waals surface area contributed by atoms with Gasteiger partial charge in [0.2, 0.25) is 0 Å². The van der Waals surface area contributed by atoms with Gasteiger partial charge in [0.05, 0.1) is 30.9 Å². The fraction of sp³-hybridized carbons (Fsp3) is 0.130. The standard InChI is InChI=1S/C23H18F2N2O5/c1-30-18-8-6-16(24)21(25)15(18)11-32-20-10-12(4-7-19(20)31-2)22-14-5-3-13(23(28)29)9-17(14)26-27-22/h3-10H,11H2,1-2H3,(H,26,27)(H,28,29). The van der Waals surface area contributed by atoms with E-state index in [2.05, 4.69) is 10.2 Å². The molecule has 0 fully saturated rings. The number of hydrogen-bond acceptors (Lipinski definition) is 5. The molecule has 0 saturated heterocycles. The second-order valence-electron chi connectivity index (χ2n) is 6.83. The predicted octanol–water partition coefficient (Wildman–Crippen LogP) is 4.80. The number of aromatic carboxylic acids is 1. The smallest absolute Gasteiger partial charge is 0.335 e. The highest BCUT2D eigenvalue weighted by atomic mass is 19.2. The topological polar surface area (TPSA) is 93.7 Å². The van der Waals surface area contributed by atoms with E-state index in [4.69, 9.17) is 19.3 Å². The molecule has 0 aliphatic heterocycles. The van der Waals surface area contributed by atoms with Gasteiger partial charge in [0.25, 0.3) is 0 Å². The lowest BCUT2D eigenvalue weighted by molar-refractivity contribution is 0.0697. The van der Waals surface area contributed by atoms with E-state index >= 15 is 0 Å². The normalized spacial score (nSPS) is 10.9. The third kappa shape index (κ3) is 3.80. The summed E-state index contributed by atoms with van der Waals surface area (Å²) < 4.78 is 44.2. The molecule has 3 aromatic carbocycles. The minimum atomic E-state index is -1.05. The van der Waals surface area contributed by atoms with Crippen LogP contribution in [0.25, 0.3) is 22.2 Å². The Bertz CT molecular complexity index is 1320. The fourth-order valence-corrected chi connectivity index (χ4v) is 3.36. The SMILES string of the molecule is COc1ccc(-c2n[nH]c3cc(C(=O)O)ccc23)cc1OCc1c(OC)ccc(F)c1F. The average molecular weight is 440 g/mol. The molecule has 1 heterocycles. The molecule has 4 rings (SSSR count). The Balaban J connectivity index is 1.69. The molecular weight excluding hydrogens is 422 g/mol. The van der Waals surface area contributed by atoms with Crippen molar-refractivity contribution in [2.75, 3.05) is 14.2 Å². The quantitative estimate of drug-likeness (QED) is 0.429. The first-order chi connectivity index (χ1) is 15.4. The molecule has 1 aromatic heterocycles. The lowest BCUT2D eigenvalue weighted by atomic mass is 10.1. The zero-order valence-electron chi connectivity index (χ0n) is 17.1. The lowest BCUT2D eigenvalue weighted by Gasteiger charge is -2.14. The van der Waals surface area contributed by atoms with E-state index in [-0.39, 0.29) is 29.2 Å². The second-order valence-corrected chi connectivity index (χ2v) is 6.83. The average Bonchev–Trinajstić information content (AvgIpc) is 3.23. The Morgan fingerprint density at radius 1 is 1.00 bits per heavy atom. The van der Waals surface area contributed by atoms with Crippen LogP contribution in [0.15, 0.2) is 48.5 Å². The summed E-state index contributed by atoms with van der Waals surface area (Å²) in [4.78, 5) is 11.2. The molecule has 0 amide bonds. The number of nitrogens with zero attached hydrogens (tertiary/aromatic N) is 1. The summed E-state index contributed by atoms with van der Waals surface area (Å²) in [7, 11) is 2.82. The number of H-pyrrole nitrogens is 1. The van der Waals surface area contributed by atoms with Gasteiger partial charge in [0, 0.05) is 10.9 Å². The van der Waals surface area contributed by atoms with E-state index in [1.807, 2.05) is 0 Å². The summed E-state index contributed by atoms with van der Waals surface area (Å²) in [6, 6.07) is 12.0. The number of carbonyl (C=O) groups is 1. The number of nitrogens with one attached hydrogen (secondary N) is 1. The Labute approximate surface area is 181 Å². The largest absolute Gasteiger partial charge is 0.496 e. The van der Waals surface area contributed by atoms with Gasteiger partial charge in [0.1, 0.15) is 18.1 Å². The zero-order chi connectivity index (χ0) is 22.8. The number of fused-ring (bicyclic) bond motifs is 1. The van der Waals surface area contributed by atoms with Crippen molar-refractivity contribution in [3.8, 4) is 28.5 Å². The highest BCUT2D eigenvalue weighted by molar-refractivity contribution is 5.98. The van der Waals surface area contributed by atoms with Crippen molar-refractivity contribution >= 4 is 16.9 Å². The second kappa shape index (κ2) is 8.54. The maximum atomic E-state index is 14.3. The van der Waals surface area contributed by atoms with Crippen molar-refractivity contribution in [2.45, 2.75) is 6.61 Å². The van der Waals surface area contributed by atoms with Gasteiger partial charge >= 0.3 is 5.97 Å². The van der Waals surface area contributed by atoms with Crippen LogP contribution in [0.5, 0.6) is 17.2 Å². The molecule has 0 unspecified atom stereocenters. The van der Waals surface area contributed by atoms with Crippen LogP contribution in [0.3, 0.4) is 0 Å². The third-order valence-electron chi connectivity index (χ3n) is 4.99. The fourth-order valence-electron chi connectivity index (χ4n) is 3.36. The van der Waals surface area contributed by atoms with Gasteiger partial charge < -0.3 is 19.3 Å². The molecule has 0 bridgehead atoms. The van der Waals surface area contributed by atoms with Crippen LogP contribution < -0.4 is 14.2 Å². The first-order valence-electron chi connectivity index (χ1n) is 9.46. The van der Waals surface area contributed by atoms with E-state index in [0.717, 1.165) is 6.07 Å². The van der Waals surface area contributed by atoms with Crippen molar-refractivity contribution in [2.24, 2.45) is 0 Å². The first-order valence-corrected chi connectivity index (χ1v) is 9.46. The summed E-state index contributed by atoms with van der Waals surface area (Å²) in [5.74, 6) is -2.26. The van der Waals surface area contributed by atoms with Crippen molar-refractivity contribution in [3.63, 3.8) is 0 Å². The van der Waals surface area contributed by atoms with Gasteiger partial charge in [-0.05, 0) is 48.5 Å². The Morgan fingerprint density at radius 3 is 2.47 bits per heavy atom. The number of methoxy groups -OCH3 is 2. The molecule has 0 aliphatic carbocycles. The van der Waals surface area contributed by atoms with E-state index in [9.17, 15) is 13.6 Å². The molecule has 9 heteroatoms. The lowest BCUT2D eigenvalue weighted by Crippen LogP contribution is -2.04. The summed E-state index contributed by atoms with van der Waals surface area (Å²) >= 11 is 0. The van der Waals surface area contributed by atoms with Gasteiger partial charge in [-0.2, -0.15) is 5.10 Å². The zero-order valence-corrected chi connectivity index (χ0v) is 17.1. The molecule has 7 nitrogen and oxygen atoms in total. The number of hydrogen-bond donors (Lipinski definition) is 2. The maximum absolute atomic E-state index is 14.3. The highest BCUT2D eigenvalue weighted by Gasteiger charge is 2.18. The number of ether oxygens (including phenoxy) is 3. The number of benzene rings is 3. The minimum absolute atomic E-state index is 0.0635. The molecule has 164 valence electrons. The van der Waals surface area contributed by atoms with Crippen molar-refractivity contribution < 1.29 is 32.9 Å². The molecule has 0 spiro atoms. The van der Waals surface area contributed by atoms with Crippen molar-refractivity contribution in [3.05, 3.63) is 71.3 Å². The Kier molecular flexibility index (Phi) is 5.63. The number of carboxylic acid groups (broad SMARTS) is 1. The summed E-state index contributed by atoms with van der Waals surface area (Å²) in [6.45, 7) is -0.296. The molecular formula is C23H18F2N2O5. The van der Waals surface area contributed by atoms with E-state index < -0.39 is 17.6 Å². The monoisotopic (exact) mass is 440 g/mol. The van der Waals surface area contributed by atoms with Crippen LogP contribution in [0.2, 0.25) is 0 Å². The van der Waals surface area contributed by atoms with E-state index in [0.29, 0.717) is 27.9 Å². The Morgan fingerprint density at radius 2 is 1.75 bits per heavy atom. The molecule has 0 atom stereocenters. The van der Waals surface area contributed by atoms with Gasteiger partial charge in [-0.15, -0.1) is 0 Å². The maximum Gasteiger partial charge on any atom is 0.335 e. The molecule has 0 aliphatic rings. The molecule has 2 N–H and O–H groups in total. The van der Waals surface area contributed by atoms with Crippen LogP contribution in [-0.2, 0) is 6.61 Å². The molecule has 4 aromatic rings. The number of rotatable bonds is 7. The number of halogens is 2. The third-order valence-corrected chi connectivity index (χ3v) is 4.99. The van der Waals surface area contributed by atoms with Crippen LogP contribution in [-0.4, -0.2) is 35.5 Å². The van der Waals surface area contributed by atoms with Gasteiger partial charge in [0.15, 0.2) is 23.1 Å². The molecule has 0 radical (unpaired) electrons. The van der Waals surface area contributed by atoms with Gasteiger partial charge in [-0.1, -0.05) is 0 Å². The van der Waals surface area contributed by atoms with Crippen LogP contribution >= 0.6 is 0 Å². The predicted molar refractivity (Wildman–Crippen MR) is 112 cm³/mol. The molecule has 0 saturated carbocycles. The van der Waals surface area contributed by atoms with Gasteiger partial charge in [-0.3, -0.25) is 5.10 Å². The van der Waals surface area contributed by atoms with E-state index in [1.54, 1.807) is 24.3 Å². The van der Waals surface area contributed by atoms with Crippen LogP contribution in [0.1, 0.15) is 15.9 Å². The van der Waals surface area contributed by atoms with Crippen molar-refractivity contribution in [1.82, 2.24) is 10.2 Å². The first kappa shape index (κ1) is 21.1. The van der Waals surface area contributed by atoms with Crippen molar-refractivity contribution in [1.29, 1.82) is 0 Å². The number of carboxylic acids is 1. The van der Waals surface area contributed by atoms with Crippen LogP contribution in [0, 0.1) is 11.6 Å². The summed E-state index contributed by atoms with van der Waals surface area (Å²) in [5.41, 5.74) is 1.86. The number of aromatic nitrogens is 2. The molecule has 32 heavy (non-hydrogen) atoms. The van der Waals surface area contributed by atoms with Crippen LogP contribution in [0.4, 0.5) is 8.78 Å².